The van der Waals surface area contributed by atoms with E-state index in [4.69, 9.17) is 5.53 Å². The first-order chi connectivity index (χ1) is 7.47. The van der Waals surface area contributed by atoms with Crippen molar-refractivity contribution in [1.82, 2.24) is 0 Å². The molecule has 0 aliphatic heterocycles. The van der Waals surface area contributed by atoms with Crippen molar-refractivity contribution >= 4 is 9.84 Å². The molecule has 0 heterocycles. The average Bonchev–Trinajstić information content (AvgIpc) is 2.17. The van der Waals surface area contributed by atoms with Crippen molar-refractivity contribution in [3.05, 3.63) is 40.3 Å². The van der Waals surface area contributed by atoms with Crippen molar-refractivity contribution in [3.63, 3.8) is 0 Å². The lowest BCUT2D eigenvalue weighted by atomic mass is 10.3. The molecule has 0 radical (unpaired) electrons. The smallest absolute Gasteiger partial charge is 0.181 e. The number of halogens is 2. The monoisotopic (exact) mass is 247 g/mol. The molecule has 86 valence electrons. The Kier molecular flexibility index (Phi) is 3.81. The van der Waals surface area contributed by atoms with Crippen LogP contribution in [-0.4, -0.2) is 20.7 Å². The molecular weight excluding hydrogens is 240 g/mol. The van der Waals surface area contributed by atoms with Gasteiger partial charge in [-0.2, -0.15) is 0 Å². The van der Waals surface area contributed by atoms with Gasteiger partial charge in [0.15, 0.2) is 9.84 Å². The number of sulfone groups is 1. The number of nitrogens with zero attached hydrogens (tertiary/aromatic N) is 3. The van der Waals surface area contributed by atoms with Gasteiger partial charge in [-0.15, -0.1) is 0 Å². The standard InChI is InChI=1S/C8H7F2N3O2S/c9-6-1-2-8(7(10)5-6)16(14,15)4-3-12-13-11/h1-2,5H,3-4H2. The van der Waals surface area contributed by atoms with Crippen LogP contribution in [0.25, 0.3) is 10.4 Å². The molecule has 0 N–H and O–H groups in total. The summed E-state index contributed by atoms with van der Waals surface area (Å²) < 4.78 is 48.7. The summed E-state index contributed by atoms with van der Waals surface area (Å²) >= 11 is 0. The first-order valence-electron chi connectivity index (χ1n) is 4.16. The van der Waals surface area contributed by atoms with Crippen LogP contribution in [0.4, 0.5) is 8.78 Å². The van der Waals surface area contributed by atoms with E-state index in [2.05, 4.69) is 10.0 Å². The summed E-state index contributed by atoms with van der Waals surface area (Å²) in [7, 11) is -3.89. The highest BCUT2D eigenvalue weighted by Crippen LogP contribution is 2.16. The van der Waals surface area contributed by atoms with Gasteiger partial charge >= 0.3 is 0 Å². The van der Waals surface area contributed by atoms with Crippen LogP contribution in [0.1, 0.15) is 0 Å². The summed E-state index contributed by atoms with van der Waals surface area (Å²) in [4.78, 5) is 1.78. The fourth-order valence-electron chi connectivity index (χ4n) is 1.04. The summed E-state index contributed by atoms with van der Waals surface area (Å²) in [5.41, 5.74) is 7.96. The Morgan fingerprint density at radius 3 is 2.62 bits per heavy atom. The van der Waals surface area contributed by atoms with Crippen LogP contribution in [0, 0.1) is 11.6 Å². The van der Waals surface area contributed by atoms with Gasteiger partial charge in [0, 0.05) is 17.5 Å². The summed E-state index contributed by atoms with van der Waals surface area (Å²) in [5.74, 6) is -2.52. The van der Waals surface area contributed by atoms with E-state index >= 15 is 0 Å². The van der Waals surface area contributed by atoms with Crippen LogP contribution in [-0.2, 0) is 9.84 Å². The molecule has 1 aromatic carbocycles. The molecule has 0 spiro atoms. The average molecular weight is 247 g/mol. The Hall–Kier alpha value is -1.66. The van der Waals surface area contributed by atoms with E-state index in [0.29, 0.717) is 6.07 Å². The van der Waals surface area contributed by atoms with E-state index < -0.39 is 32.1 Å². The second-order valence-corrected chi connectivity index (χ2v) is 4.93. The maximum Gasteiger partial charge on any atom is 0.181 e. The molecule has 16 heavy (non-hydrogen) atoms. The Labute approximate surface area is 90.3 Å². The molecule has 0 bridgehead atoms. The van der Waals surface area contributed by atoms with Gasteiger partial charge in [-0.25, -0.2) is 17.2 Å². The van der Waals surface area contributed by atoms with Crippen LogP contribution >= 0.6 is 0 Å². The van der Waals surface area contributed by atoms with Crippen LogP contribution in [0.3, 0.4) is 0 Å². The van der Waals surface area contributed by atoms with Crippen LogP contribution in [0.2, 0.25) is 0 Å². The van der Waals surface area contributed by atoms with Crippen LogP contribution in [0.5, 0.6) is 0 Å². The lowest BCUT2D eigenvalue weighted by Crippen LogP contribution is -2.11. The second-order valence-electron chi connectivity index (χ2n) is 2.85. The SMILES string of the molecule is [N-]=[N+]=NCCS(=O)(=O)c1ccc(F)cc1F. The third-order valence-electron chi connectivity index (χ3n) is 1.75. The zero-order chi connectivity index (χ0) is 12.2. The van der Waals surface area contributed by atoms with E-state index in [1.807, 2.05) is 0 Å². The Morgan fingerprint density at radius 2 is 2.06 bits per heavy atom. The number of rotatable bonds is 4. The van der Waals surface area contributed by atoms with E-state index in [1.165, 1.54) is 0 Å². The predicted octanol–water partition coefficient (Wildman–Crippen LogP) is 2.05. The minimum Gasteiger partial charge on any atom is -0.224 e. The third kappa shape index (κ3) is 2.91. The molecule has 5 nitrogen and oxygen atoms in total. The van der Waals surface area contributed by atoms with E-state index in [0.717, 1.165) is 12.1 Å². The molecular formula is C8H7F2N3O2S. The predicted molar refractivity (Wildman–Crippen MR) is 52.4 cm³/mol. The normalized spacial score (nSPS) is 10.9. The third-order valence-corrected chi connectivity index (χ3v) is 3.47. The maximum absolute atomic E-state index is 13.1. The zero-order valence-corrected chi connectivity index (χ0v) is 8.79. The largest absolute Gasteiger partial charge is 0.224 e. The minimum absolute atomic E-state index is 0.296. The first-order valence-corrected chi connectivity index (χ1v) is 5.81. The van der Waals surface area contributed by atoms with Crippen molar-refractivity contribution < 1.29 is 17.2 Å². The van der Waals surface area contributed by atoms with Gasteiger partial charge in [-0.05, 0) is 17.7 Å². The lowest BCUT2D eigenvalue weighted by molar-refractivity contribution is 0.549. The summed E-state index contributed by atoms with van der Waals surface area (Å²) in [6.45, 7) is -0.296. The van der Waals surface area contributed by atoms with E-state index in [1.54, 1.807) is 0 Å². The van der Waals surface area contributed by atoms with Crippen molar-refractivity contribution in [1.29, 1.82) is 0 Å². The molecule has 8 heteroatoms. The van der Waals surface area contributed by atoms with Crippen molar-refractivity contribution in [2.24, 2.45) is 5.11 Å². The molecule has 0 aliphatic rings. The molecule has 0 amide bonds. The Bertz CT molecular complexity index is 538. The molecule has 1 aromatic rings. The molecule has 0 aliphatic carbocycles. The molecule has 0 saturated carbocycles. The van der Waals surface area contributed by atoms with Gasteiger partial charge in [0.2, 0.25) is 0 Å². The Morgan fingerprint density at radius 1 is 1.38 bits per heavy atom. The highest BCUT2D eigenvalue weighted by atomic mass is 32.2. The summed E-state index contributed by atoms with van der Waals surface area (Å²) in [6.07, 6.45) is 0. The van der Waals surface area contributed by atoms with Crippen molar-refractivity contribution in [2.45, 2.75) is 4.90 Å². The second kappa shape index (κ2) is 4.91. The quantitative estimate of drug-likeness (QED) is 0.353. The molecule has 0 atom stereocenters. The fraction of sp³-hybridized carbons (Fsp3) is 0.250. The van der Waals surface area contributed by atoms with E-state index in [9.17, 15) is 17.2 Å². The van der Waals surface area contributed by atoms with Gasteiger partial charge in [0.05, 0.1) is 5.75 Å². The maximum atomic E-state index is 13.1. The first kappa shape index (κ1) is 12.4. The van der Waals surface area contributed by atoms with Crippen molar-refractivity contribution in [2.75, 3.05) is 12.3 Å². The summed E-state index contributed by atoms with van der Waals surface area (Å²) in [6, 6.07) is 2.18. The zero-order valence-electron chi connectivity index (χ0n) is 7.97. The highest BCUT2D eigenvalue weighted by molar-refractivity contribution is 7.91. The minimum atomic E-state index is -3.89. The van der Waals surface area contributed by atoms with Crippen LogP contribution in [0.15, 0.2) is 28.2 Å². The van der Waals surface area contributed by atoms with Gasteiger partial charge < -0.3 is 0 Å². The van der Waals surface area contributed by atoms with Gasteiger partial charge in [-0.3, -0.25) is 0 Å². The molecule has 1 rings (SSSR count). The molecule has 0 unspecified atom stereocenters. The molecule has 0 saturated heterocycles. The van der Waals surface area contributed by atoms with Crippen LogP contribution < -0.4 is 0 Å². The number of azide groups is 1. The fourth-order valence-corrected chi connectivity index (χ4v) is 2.22. The summed E-state index contributed by atoms with van der Waals surface area (Å²) in [5, 5.41) is 3.03. The van der Waals surface area contributed by atoms with Gasteiger partial charge in [0.1, 0.15) is 16.5 Å². The number of hydrogen-bond acceptors (Lipinski definition) is 3. The number of benzene rings is 1. The molecule has 0 aromatic heterocycles. The van der Waals surface area contributed by atoms with Crippen molar-refractivity contribution in [3.8, 4) is 0 Å². The molecule has 0 fully saturated rings. The highest BCUT2D eigenvalue weighted by Gasteiger charge is 2.18. The topological polar surface area (TPSA) is 82.9 Å². The van der Waals surface area contributed by atoms with E-state index in [-0.39, 0.29) is 6.54 Å². The number of hydrogen-bond donors (Lipinski definition) is 0. The van der Waals surface area contributed by atoms with Gasteiger partial charge in [0.25, 0.3) is 0 Å². The Balaban J connectivity index is 3.03. The van der Waals surface area contributed by atoms with Gasteiger partial charge in [-0.1, -0.05) is 5.11 Å². The lowest BCUT2D eigenvalue weighted by Gasteiger charge is -2.03.